The first-order valence-corrected chi connectivity index (χ1v) is 9.72. The zero-order chi connectivity index (χ0) is 18.0. The summed E-state index contributed by atoms with van der Waals surface area (Å²) < 4.78 is 53.3. The van der Waals surface area contributed by atoms with Crippen LogP contribution in [0.25, 0.3) is 0 Å². The Hall–Kier alpha value is -1.80. The monoisotopic (exact) mass is 370 g/mol. The van der Waals surface area contributed by atoms with E-state index in [2.05, 4.69) is 6.08 Å². The number of hydrogen-bond acceptors (Lipinski definition) is 3. The molecule has 1 saturated heterocycles. The van der Waals surface area contributed by atoms with Gasteiger partial charge in [-0.25, -0.2) is 17.2 Å². The molecule has 0 unspecified atom stereocenters. The van der Waals surface area contributed by atoms with Crippen LogP contribution in [0.3, 0.4) is 0 Å². The quantitative estimate of drug-likeness (QED) is 0.766. The van der Waals surface area contributed by atoms with Crippen LogP contribution in [0, 0.1) is 17.6 Å². The fraction of sp³-hybridized carbons (Fsp3) is 0.471. The van der Waals surface area contributed by atoms with Crippen LogP contribution in [0.2, 0.25) is 0 Å². The first kappa shape index (κ1) is 18.0. The molecule has 1 atom stereocenters. The second-order valence-corrected chi connectivity index (χ2v) is 8.19. The van der Waals surface area contributed by atoms with Crippen molar-refractivity contribution in [2.75, 3.05) is 26.2 Å². The SMILES string of the molecule is O=C([C@H]1CC=CCC1)N1CCN(S(=O)(=O)c2cc(F)ccc2F)CC1. The average molecular weight is 370 g/mol. The van der Waals surface area contributed by atoms with E-state index in [0.717, 1.165) is 29.3 Å². The summed E-state index contributed by atoms with van der Waals surface area (Å²) in [6.45, 7) is 0.670. The van der Waals surface area contributed by atoms with E-state index < -0.39 is 26.6 Å². The second-order valence-electron chi connectivity index (χ2n) is 6.29. The summed E-state index contributed by atoms with van der Waals surface area (Å²) in [4.78, 5) is 13.5. The van der Waals surface area contributed by atoms with Gasteiger partial charge in [0.2, 0.25) is 15.9 Å². The van der Waals surface area contributed by atoms with E-state index in [1.54, 1.807) is 4.90 Å². The molecule has 0 saturated carbocycles. The molecule has 1 aromatic carbocycles. The van der Waals surface area contributed by atoms with Gasteiger partial charge >= 0.3 is 0 Å². The maximum absolute atomic E-state index is 13.8. The van der Waals surface area contributed by atoms with Gasteiger partial charge in [-0.3, -0.25) is 4.79 Å². The van der Waals surface area contributed by atoms with Crippen LogP contribution in [-0.2, 0) is 14.8 Å². The van der Waals surface area contributed by atoms with Crippen molar-refractivity contribution in [3.63, 3.8) is 0 Å². The molecule has 8 heteroatoms. The lowest BCUT2D eigenvalue weighted by Gasteiger charge is -2.36. The van der Waals surface area contributed by atoms with Crippen LogP contribution in [0.15, 0.2) is 35.2 Å². The van der Waals surface area contributed by atoms with Gasteiger partial charge in [-0.15, -0.1) is 0 Å². The Morgan fingerprint density at radius 2 is 1.80 bits per heavy atom. The number of carbonyl (C=O) groups excluding carboxylic acids is 1. The number of carbonyl (C=O) groups is 1. The number of nitrogens with zero attached hydrogens (tertiary/aromatic N) is 2. The van der Waals surface area contributed by atoms with E-state index in [9.17, 15) is 22.0 Å². The van der Waals surface area contributed by atoms with E-state index in [1.807, 2.05) is 6.08 Å². The van der Waals surface area contributed by atoms with Crippen LogP contribution >= 0.6 is 0 Å². The Balaban J connectivity index is 1.68. The Labute approximate surface area is 146 Å². The van der Waals surface area contributed by atoms with Crippen molar-refractivity contribution in [1.29, 1.82) is 0 Å². The van der Waals surface area contributed by atoms with Gasteiger partial charge in [0.05, 0.1) is 0 Å². The molecule has 1 amide bonds. The summed E-state index contributed by atoms with van der Waals surface area (Å²) in [6.07, 6.45) is 6.46. The van der Waals surface area contributed by atoms with Crippen molar-refractivity contribution in [1.82, 2.24) is 9.21 Å². The van der Waals surface area contributed by atoms with Crippen LogP contribution < -0.4 is 0 Å². The van der Waals surface area contributed by atoms with Gasteiger partial charge in [0, 0.05) is 32.1 Å². The molecule has 2 aliphatic rings. The predicted molar refractivity (Wildman–Crippen MR) is 88.2 cm³/mol. The van der Waals surface area contributed by atoms with Crippen LogP contribution in [-0.4, -0.2) is 49.7 Å². The molecule has 1 heterocycles. The van der Waals surface area contributed by atoms with E-state index >= 15 is 0 Å². The summed E-state index contributed by atoms with van der Waals surface area (Å²) in [5.74, 6) is -1.79. The molecule has 1 aliphatic carbocycles. The predicted octanol–water partition coefficient (Wildman–Crippen LogP) is 2.15. The number of sulfonamides is 1. The number of hydrogen-bond donors (Lipinski definition) is 0. The Bertz CT molecular complexity index is 787. The molecule has 0 spiro atoms. The lowest BCUT2D eigenvalue weighted by Crippen LogP contribution is -2.52. The molecule has 25 heavy (non-hydrogen) atoms. The van der Waals surface area contributed by atoms with Crippen molar-refractivity contribution in [3.8, 4) is 0 Å². The number of benzene rings is 1. The van der Waals surface area contributed by atoms with Crippen LogP contribution in [0.1, 0.15) is 19.3 Å². The van der Waals surface area contributed by atoms with Crippen molar-refractivity contribution in [2.24, 2.45) is 5.92 Å². The molecule has 0 bridgehead atoms. The van der Waals surface area contributed by atoms with Crippen molar-refractivity contribution < 1.29 is 22.0 Å². The number of amides is 1. The first-order valence-electron chi connectivity index (χ1n) is 8.28. The van der Waals surface area contributed by atoms with E-state index in [0.29, 0.717) is 12.5 Å². The third-order valence-electron chi connectivity index (χ3n) is 4.68. The van der Waals surface area contributed by atoms with Gasteiger partial charge in [0.25, 0.3) is 0 Å². The minimum atomic E-state index is -4.12. The summed E-state index contributed by atoms with van der Waals surface area (Å²) in [7, 11) is -4.12. The Morgan fingerprint density at radius 3 is 2.44 bits per heavy atom. The second kappa shape index (κ2) is 7.21. The molecule has 136 valence electrons. The van der Waals surface area contributed by atoms with Crippen LogP contribution in [0.4, 0.5) is 8.78 Å². The smallest absolute Gasteiger partial charge is 0.246 e. The van der Waals surface area contributed by atoms with Crippen molar-refractivity contribution >= 4 is 15.9 Å². The van der Waals surface area contributed by atoms with Gasteiger partial charge < -0.3 is 4.90 Å². The minimum Gasteiger partial charge on any atom is -0.340 e. The fourth-order valence-electron chi connectivity index (χ4n) is 3.24. The maximum Gasteiger partial charge on any atom is 0.246 e. The molecular formula is C17H20F2N2O3S. The highest BCUT2D eigenvalue weighted by molar-refractivity contribution is 7.89. The van der Waals surface area contributed by atoms with Gasteiger partial charge in [-0.1, -0.05) is 12.2 Å². The zero-order valence-corrected chi connectivity index (χ0v) is 14.5. The van der Waals surface area contributed by atoms with Gasteiger partial charge in [-0.2, -0.15) is 4.31 Å². The topological polar surface area (TPSA) is 57.7 Å². The number of rotatable bonds is 3. The van der Waals surface area contributed by atoms with E-state index in [4.69, 9.17) is 0 Å². The highest BCUT2D eigenvalue weighted by Gasteiger charge is 2.33. The summed E-state index contributed by atoms with van der Waals surface area (Å²) in [5.41, 5.74) is 0. The minimum absolute atomic E-state index is 0.0401. The number of piperazine rings is 1. The number of halogens is 2. The molecular weight excluding hydrogens is 350 g/mol. The molecule has 5 nitrogen and oxygen atoms in total. The zero-order valence-electron chi connectivity index (χ0n) is 13.7. The summed E-state index contributed by atoms with van der Waals surface area (Å²) in [5, 5.41) is 0. The Morgan fingerprint density at radius 1 is 1.08 bits per heavy atom. The van der Waals surface area contributed by atoms with Crippen LogP contribution in [0.5, 0.6) is 0 Å². The lowest BCUT2D eigenvalue weighted by atomic mass is 9.93. The first-order chi connectivity index (χ1) is 11.9. The fourth-order valence-corrected chi connectivity index (χ4v) is 4.74. The summed E-state index contributed by atoms with van der Waals surface area (Å²) >= 11 is 0. The standard InChI is InChI=1S/C17H20F2N2O3S/c18-14-6-7-15(19)16(12-14)25(23,24)21-10-8-20(9-11-21)17(22)13-4-2-1-3-5-13/h1-2,6-7,12-13H,3-5,8-11H2/t13-/m0/s1. The normalized spacial score (nSPS) is 22.2. The van der Waals surface area contributed by atoms with E-state index in [-0.39, 0.29) is 38.0 Å². The average Bonchev–Trinajstić information content (AvgIpc) is 2.64. The molecule has 3 rings (SSSR count). The lowest BCUT2D eigenvalue weighted by molar-refractivity contribution is -0.137. The Kier molecular flexibility index (Phi) is 5.19. The summed E-state index contributed by atoms with van der Waals surface area (Å²) in [6, 6.07) is 2.37. The third kappa shape index (κ3) is 3.74. The largest absolute Gasteiger partial charge is 0.340 e. The molecule has 1 fully saturated rings. The maximum atomic E-state index is 13.8. The van der Waals surface area contributed by atoms with Gasteiger partial charge in [0.15, 0.2) is 0 Å². The molecule has 0 N–H and O–H groups in total. The molecule has 1 aromatic rings. The van der Waals surface area contributed by atoms with Gasteiger partial charge in [-0.05, 0) is 37.5 Å². The molecule has 1 aliphatic heterocycles. The van der Waals surface area contributed by atoms with E-state index in [1.165, 1.54) is 0 Å². The van der Waals surface area contributed by atoms with Crippen molar-refractivity contribution in [3.05, 3.63) is 42.0 Å². The highest BCUT2D eigenvalue weighted by atomic mass is 32.2. The number of allylic oxidation sites excluding steroid dienone is 2. The van der Waals surface area contributed by atoms with Gasteiger partial charge in [0.1, 0.15) is 16.5 Å². The third-order valence-corrected chi connectivity index (χ3v) is 6.59. The molecule has 0 aromatic heterocycles. The highest BCUT2D eigenvalue weighted by Crippen LogP contribution is 2.24. The van der Waals surface area contributed by atoms with Crippen molar-refractivity contribution in [2.45, 2.75) is 24.2 Å². The molecule has 0 radical (unpaired) electrons.